The summed E-state index contributed by atoms with van der Waals surface area (Å²) in [6.45, 7) is 6.54. The van der Waals surface area contributed by atoms with Crippen LogP contribution >= 0.6 is 46.9 Å². The number of rotatable bonds is 9. The zero-order chi connectivity index (χ0) is 18.8. The first-order valence-electron chi connectivity index (χ1n) is 8.62. The van der Waals surface area contributed by atoms with Crippen molar-refractivity contribution in [1.29, 1.82) is 0 Å². The molecule has 0 amide bonds. The van der Waals surface area contributed by atoms with E-state index in [1.807, 2.05) is 48.7 Å². The first kappa shape index (κ1) is 24.2. The highest BCUT2D eigenvalue weighted by Crippen LogP contribution is 2.25. The van der Waals surface area contributed by atoms with Crippen LogP contribution in [0.4, 0.5) is 0 Å². The third kappa shape index (κ3) is 8.78. The Labute approximate surface area is 187 Å². The average Bonchev–Trinajstić information content (AvgIpc) is 3.16. The summed E-state index contributed by atoms with van der Waals surface area (Å²) < 4.78 is 5.66. The van der Waals surface area contributed by atoms with E-state index in [-0.39, 0.29) is 30.5 Å². The number of nitrogens with zero attached hydrogens (tertiary/aromatic N) is 1. The summed E-state index contributed by atoms with van der Waals surface area (Å²) >= 11 is 7.40. The third-order valence-electron chi connectivity index (χ3n) is 3.66. The number of nitrogens with one attached hydrogen (secondary N) is 2. The minimum atomic E-state index is -0.971. The molecule has 1 heterocycles. The lowest BCUT2D eigenvalue weighted by atomic mass is 10.1. The minimum Gasteiger partial charge on any atom is -0.383 e. The topological polar surface area (TPSA) is 65.9 Å². The van der Waals surface area contributed by atoms with Gasteiger partial charge in [0.05, 0.1) is 19.8 Å². The third-order valence-corrected chi connectivity index (χ3v) is 5.04. The van der Waals surface area contributed by atoms with Crippen molar-refractivity contribution in [2.75, 3.05) is 26.2 Å². The van der Waals surface area contributed by atoms with Gasteiger partial charge in [-0.05, 0) is 43.0 Å². The molecule has 2 rings (SSSR count). The maximum Gasteiger partial charge on any atom is 0.191 e. The van der Waals surface area contributed by atoms with Gasteiger partial charge >= 0.3 is 0 Å². The molecule has 1 atom stereocenters. The summed E-state index contributed by atoms with van der Waals surface area (Å²) in [5.74, 6) is 0.666. The highest BCUT2D eigenvalue weighted by Gasteiger charge is 2.23. The van der Waals surface area contributed by atoms with Crippen LogP contribution in [0.15, 0.2) is 46.8 Å². The Morgan fingerprint density at radius 1 is 1.26 bits per heavy atom. The number of guanidine groups is 1. The Balaban J connectivity index is 0.00000364. The molecule has 0 aliphatic heterocycles. The molecule has 0 bridgehead atoms. The van der Waals surface area contributed by atoms with Crippen LogP contribution in [-0.2, 0) is 16.9 Å². The fraction of sp³-hybridized carbons (Fsp3) is 0.421. The van der Waals surface area contributed by atoms with Crippen LogP contribution in [0.5, 0.6) is 0 Å². The number of hydrogen-bond acceptors (Lipinski definition) is 4. The van der Waals surface area contributed by atoms with Crippen LogP contribution < -0.4 is 10.6 Å². The van der Waals surface area contributed by atoms with Gasteiger partial charge in [0.2, 0.25) is 0 Å². The molecule has 0 saturated heterocycles. The van der Waals surface area contributed by atoms with E-state index in [0.717, 1.165) is 22.0 Å². The van der Waals surface area contributed by atoms with Crippen LogP contribution in [0.25, 0.3) is 0 Å². The van der Waals surface area contributed by atoms with Crippen molar-refractivity contribution >= 4 is 52.9 Å². The molecule has 1 aromatic carbocycles. The summed E-state index contributed by atoms with van der Waals surface area (Å²) in [7, 11) is 0. The van der Waals surface area contributed by atoms with Gasteiger partial charge in [-0.2, -0.15) is 0 Å². The van der Waals surface area contributed by atoms with E-state index in [4.69, 9.17) is 16.3 Å². The minimum absolute atomic E-state index is 0. The predicted octanol–water partition coefficient (Wildman–Crippen LogP) is 4.00. The van der Waals surface area contributed by atoms with Crippen LogP contribution in [0.3, 0.4) is 0 Å². The van der Waals surface area contributed by atoms with E-state index < -0.39 is 5.60 Å². The van der Waals surface area contributed by atoms with Gasteiger partial charge in [0.25, 0.3) is 0 Å². The van der Waals surface area contributed by atoms with Gasteiger partial charge in [-0.25, -0.2) is 4.99 Å². The molecule has 3 N–H and O–H groups in total. The molecular weight excluding hydrogens is 497 g/mol. The number of halogens is 2. The van der Waals surface area contributed by atoms with Gasteiger partial charge in [0.15, 0.2) is 5.96 Å². The Morgan fingerprint density at radius 2 is 2.00 bits per heavy atom. The second-order valence-electron chi connectivity index (χ2n) is 6.05. The fourth-order valence-electron chi connectivity index (χ4n) is 2.25. The van der Waals surface area contributed by atoms with Crippen molar-refractivity contribution in [3.63, 3.8) is 0 Å². The molecule has 150 valence electrons. The molecule has 5 nitrogen and oxygen atoms in total. The molecule has 0 spiro atoms. The normalized spacial score (nSPS) is 13.6. The highest BCUT2D eigenvalue weighted by molar-refractivity contribution is 14.0. The number of thiophene rings is 1. The lowest BCUT2D eigenvalue weighted by Gasteiger charge is -2.20. The zero-order valence-electron chi connectivity index (χ0n) is 15.6. The van der Waals surface area contributed by atoms with Gasteiger partial charge in [-0.15, -0.1) is 35.3 Å². The SMILES string of the molecule is CCNC(=NCC(C)(O)c1cccs1)NCCOCc1ccc(Cl)cc1.I. The Kier molecular flexibility index (Phi) is 11.2. The molecule has 2 aromatic rings. The summed E-state index contributed by atoms with van der Waals surface area (Å²) in [5, 5.41) is 19.6. The Bertz CT molecular complexity index is 679. The van der Waals surface area contributed by atoms with Crippen LogP contribution in [0.2, 0.25) is 5.02 Å². The van der Waals surface area contributed by atoms with Crippen LogP contribution in [0, 0.1) is 0 Å². The van der Waals surface area contributed by atoms with Crippen LogP contribution in [-0.4, -0.2) is 37.3 Å². The standard InChI is InChI=1S/C19H26ClN3O2S.HI/c1-3-21-18(23-14-19(2,24)17-5-4-12-26-17)22-10-11-25-13-15-6-8-16(20)9-7-15;/h4-9,12,24H,3,10-11,13-14H2,1-2H3,(H2,21,22,23);1H. The molecule has 1 unspecified atom stereocenters. The van der Waals surface area contributed by atoms with Crippen LogP contribution in [0.1, 0.15) is 24.3 Å². The second kappa shape index (κ2) is 12.6. The largest absolute Gasteiger partial charge is 0.383 e. The van der Waals surface area contributed by atoms with Gasteiger partial charge in [0, 0.05) is 23.0 Å². The van der Waals surface area contributed by atoms with E-state index in [2.05, 4.69) is 15.6 Å². The van der Waals surface area contributed by atoms with Crippen molar-refractivity contribution in [1.82, 2.24) is 10.6 Å². The maximum atomic E-state index is 10.6. The molecular formula is C19H27ClIN3O2S. The monoisotopic (exact) mass is 523 g/mol. The van der Waals surface area contributed by atoms with Gasteiger partial charge in [-0.1, -0.05) is 29.8 Å². The summed E-state index contributed by atoms with van der Waals surface area (Å²) in [6.07, 6.45) is 0. The van der Waals surface area contributed by atoms with Gasteiger partial charge in [-0.3, -0.25) is 0 Å². The molecule has 8 heteroatoms. The second-order valence-corrected chi connectivity index (χ2v) is 7.44. The predicted molar refractivity (Wildman–Crippen MR) is 124 cm³/mol. The lowest BCUT2D eigenvalue weighted by molar-refractivity contribution is 0.0711. The fourth-order valence-corrected chi connectivity index (χ4v) is 3.16. The summed E-state index contributed by atoms with van der Waals surface area (Å²) in [6, 6.07) is 11.5. The lowest BCUT2D eigenvalue weighted by Crippen LogP contribution is -2.40. The van der Waals surface area contributed by atoms with E-state index in [1.54, 1.807) is 6.92 Å². The summed E-state index contributed by atoms with van der Waals surface area (Å²) in [4.78, 5) is 5.39. The molecule has 0 radical (unpaired) electrons. The van der Waals surface area contributed by atoms with Crippen molar-refractivity contribution in [3.05, 3.63) is 57.2 Å². The number of benzene rings is 1. The first-order chi connectivity index (χ1) is 12.5. The molecule has 1 aromatic heterocycles. The van der Waals surface area contributed by atoms with Gasteiger partial charge in [0.1, 0.15) is 5.60 Å². The number of hydrogen-bond donors (Lipinski definition) is 3. The molecule has 0 saturated carbocycles. The van der Waals surface area contributed by atoms with Crippen molar-refractivity contribution in [3.8, 4) is 0 Å². The van der Waals surface area contributed by atoms with E-state index in [1.165, 1.54) is 11.3 Å². The smallest absolute Gasteiger partial charge is 0.191 e. The average molecular weight is 524 g/mol. The number of aliphatic imine (C=N–C) groups is 1. The zero-order valence-corrected chi connectivity index (χ0v) is 19.5. The number of ether oxygens (including phenoxy) is 1. The molecule has 0 fully saturated rings. The Hall–Kier alpha value is -0.870. The van der Waals surface area contributed by atoms with Crippen molar-refractivity contribution < 1.29 is 9.84 Å². The van der Waals surface area contributed by atoms with E-state index >= 15 is 0 Å². The molecule has 0 aliphatic carbocycles. The molecule has 27 heavy (non-hydrogen) atoms. The maximum absolute atomic E-state index is 10.6. The first-order valence-corrected chi connectivity index (χ1v) is 9.88. The quantitative estimate of drug-likeness (QED) is 0.201. The molecule has 0 aliphatic rings. The van der Waals surface area contributed by atoms with E-state index in [9.17, 15) is 5.11 Å². The highest BCUT2D eigenvalue weighted by atomic mass is 127. The summed E-state index contributed by atoms with van der Waals surface area (Å²) in [5.41, 5.74) is 0.115. The Morgan fingerprint density at radius 3 is 2.63 bits per heavy atom. The van der Waals surface area contributed by atoms with Gasteiger partial charge < -0.3 is 20.5 Å². The van der Waals surface area contributed by atoms with Crippen molar-refractivity contribution in [2.24, 2.45) is 4.99 Å². The van der Waals surface area contributed by atoms with E-state index in [0.29, 0.717) is 25.7 Å². The van der Waals surface area contributed by atoms with Crippen molar-refractivity contribution in [2.45, 2.75) is 26.1 Å². The number of aliphatic hydroxyl groups is 1.